The topological polar surface area (TPSA) is 64.6 Å². The zero-order valence-corrected chi connectivity index (χ0v) is 15.8. The van der Waals surface area contributed by atoms with Gasteiger partial charge in [-0.15, -0.1) is 0 Å². The second-order valence-electron chi connectivity index (χ2n) is 7.45. The minimum atomic E-state index is -0.540. The van der Waals surface area contributed by atoms with Crippen molar-refractivity contribution in [2.75, 3.05) is 6.54 Å². The Kier molecular flexibility index (Phi) is 5.54. The molecule has 0 spiro atoms. The molecule has 134 valence electrons. The predicted molar refractivity (Wildman–Crippen MR) is 99.3 cm³/mol. The lowest BCUT2D eigenvalue weighted by molar-refractivity contribution is -0.118. The molecule has 1 aliphatic rings. The monoisotopic (exact) mass is 343 g/mol. The average molecular weight is 343 g/mol. The van der Waals surface area contributed by atoms with Gasteiger partial charge < -0.3 is 14.6 Å². The standard InChI is InChI=1S/C19H26BNO4/c1-13-9-15(12-22)7-8-16(13)10-17(11-21-14(2)23)20-24-18(3,4)19(5,6)25-20/h7-10,12H,11H2,1-6H3,(H,21,23). The van der Waals surface area contributed by atoms with Crippen molar-refractivity contribution in [2.24, 2.45) is 0 Å². The number of hydrogen-bond donors (Lipinski definition) is 1. The zero-order valence-electron chi connectivity index (χ0n) is 15.8. The van der Waals surface area contributed by atoms with Crippen molar-refractivity contribution in [3.63, 3.8) is 0 Å². The Morgan fingerprint density at radius 2 is 1.80 bits per heavy atom. The first-order valence-corrected chi connectivity index (χ1v) is 8.42. The number of hydrogen-bond acceptors (Lipinski definition) is 4. The lowest BCUT2D eigenvalue weighted by Gasteiger charge is -2.32. The molecular formula is C19H26BNO4. The van der Waals surface area contributed by atoms with E-state index in [0.717, 1.165) is 22.9 Å². The normalized spacial score (nSPS) is 19.0. The van der Waals surface area contributed by atoms with E-state index in [1.807, 2.05) is 52.8 Å². The van der Waals surface area contributed by atoms with Gasteiger partial charge in [-0.05, 0) is 57.3 Å². The van der Waals surface area contributed by atoms with Crippen LogP contribution in [0.15, 0.2) is 23.7 Å². The molecule has 25 heavy (non-hydrogen) atoms. The number of benzene rings is 1. The SMILES string of the molecule is CC(=O)NCC(=Cc1ccc(C=O)cc1C)B1OC(C)(C)C(C)(C)O1. The smallest absolute Gasteiger partial charge is 0.400 e. The third-order valence-electron chi connectivity index (χ3n) is 4.87. The van der Waals surface area contributed by atoms with Crippen molar-refractivity contribution < 1.29 is 18.9 Å². The molecule has 1 fully saturated rings. The minimum absolute atomic E-state index is 0.115. The Labute approximate surface area is 149 Å². The molecule has 1 aromatic rings. The van der Waals surface area contributed by atoms with Crippen LogP contribution in [0.25, 0.3) is 6.08 Å². The highest BCUT2D eigenvalue weighted by Gasteiger charge is 2.52. The summed E-state index contributed by atoms with van der Waals surface area (Å²) in [5, 5.41) is 2.82. The van der Waals surface area contributed by atoms with Gasteiger partial charge in [0.25, 0.3) is 0 Å². The van der Waals surface area contributed by atoms with E-state index in [2.05, 4.69) is 5.32 Å². The number of amides is 1. The molecule has 0 aliphatic carbocycles. The molecule has 1 N–H and O–H groups in total. The maximum absolute atomic E-state index is 11.4. The van der Waals surface area contributed by atoms with Crippen LogP contribution in [0.1, 0.15) is 56.1 Å². The maximum Gasteiger partial charge on any atom is 0.492 e. The number of carbonyl (C=O) groups excluding carboxylic acids is 2. The fourth-order valence-corrected chi connectivity index (χ4v) is 2.56. The number of nitrogens with one attached hydrogen (secondary N) is 1. The van der Waals surface area contributed by atoms with Gasteiger partial charge in [-0.25, -0.2) is 0 Å². The van der Waals surface area contributed by atoms with E-state index in [4.69, 9.17) is 9.31 Å². The molecule has 1 amide bonds. The van der Waals surface area contributed by atoms with Gasteiger partial charge in [0, 0.05) is 19.0 Å². The van der Waals surface area contributed by atoms with Crippen LogP contribution in [-0.2, 0) is 14.1 Å². The first kappa shape index (κ1) is 19.4. The van der Waals surface area contributed by atoms with Crippen molar-refractivity contribution in [1.82, 2.24) is 5.32 Å². The molecule has 0 aromatic heterocycles. The van der Waals surface area contributed by atoms with Gasteiger partial charge in [-0.2, -0.15) is 0 Å². The summed E-state index contributed by atoms with van der Waals surface area (Å²) >= 11 is 0. The molecule has 1 aromatic carbocycles. The van der Waals surface area contributed by atoms with Gasteiger partial charge in [-0.3, -0.25) is 9.59 Å². The van der Waals surface area contributed by atoms with Crippen molar-refractivity contribution in [2.45, 2.75) is 52.7 Å². The van der Waals surface area contributed by atoms with Gasteiger partial charge >= 0.3 is 7.12 Å². The van der Waals surface area contributed by atoms with Crippen LogP contribution >= 0.6 is 0 Å². The van der Waals surface area contributed by atoms with Crippen molar-refractivity contribution in [1.29, 1.82) is 0 Å². The van der Waals surface area contributed by atoms with E-state index in [0.29, 0.717) is 12.1 Å². The molecule has 0 radical (unpaired) electrons. The predicted octanol–water partition coefficient (Wildman–Crippen LogP) is 2.96. The lowest BCUT2D eigenvalue weighted by atomic mass is 9.76. The molecule has 0 atom stereocenters. The number of aryl methyl sites for hydroxylation is 1. The van der Waals surface area contributed by atoms with E-state index in [9.17, 15) is 9.59 Å². The average Bonchev–Trinajstić information content (AvgIpc) is 2.72. The largest absolute Gasteiger partial charge is 0.492 e. The molecule has 6 heteroatoms. The second kappa shape index (κ2) is 7.14. The number of rotatable bonds is 5. The highest BCUT2D eigenvalue weighted by Crippen LogP contribution is 2.38. The Morgan fingerprint density at radius 3 is 2.28 bits per heavy atom. The zero-order chi connectivity index (χ0) is 18.8. The summed E-state index contributed by atoms with van der Waals surface area (Å²) in [6.07, 6.45) is 2.79. The highest BCUT2D eigenvalue weighted by molar-refractivity contribution is 6.56. The Morgan fingerprint density at radius 1 is 1.20 bits per heavy atom. The lowest BCUT2D eigenvalue weighted by Crippen LogP contribution is -2.41. The minimum Gasteiger partial charge on any atom is -0.400 e. The van der Waals surface area contributed by atoms with Gasteiger partial charge in [0.15, 0.2) is 0 Å². The van der Waals surface area contributed by atoms with Gasteiger partial charge in [0.05, 0.1) is 11.2 Å². The van der Waals surface area contributed by atoms with Gasteiger partial charge in [0.1, 0.15) is 6.29 Å². The number of aldehydes is 1. The van der Waals surface area contributed by atoms with Crippen LogP contribution in [0, 0.1) is 6.92 Å². The fourth-order valence-electron chi connectivity index (χ4n) is 2.56. The van der Waals surface area contributed by atoms with Crippen LogP contribution in [0.5, 0.6) is 0 Å². The molecule has 2 rings (SSSR count). The Hall–Kier alpha value is -1.92. The quantitative estimate of drug-likeness (QED) is 0.659. The molecule has 1 heterocycles. The third-order valence-corrected chi connectivity index (χ3v) is 4.87. The highest BCUT2D eigenvalue weighted by atomic mass is 16.7. The molecule has 0 saturated carbocycles. The number of carbonyl (C=O) groups is 2. The molecule has 0 bridgehead atoms. The van der Waals surface area contributed by atoms with Crippen LogP contribution in [0.4, 0.5) is 0 Å². The maximum atomic E-state index is 11.4. The van der Waals surface area contributed by atoms with Crippen LogP contribution < -0.4 is 5.32 Å². The summed E-state index contributed by atoms with van der Waals surface area (Å²) < 4.78 is 12.2. The van der Waals surface area contributed by atoms with E-state index in [1.165, 1.54) is 6.92 Å². The Bertz CT molecular complexity index is 693. The van der Waals surface area contributed by atoms with Crippen LogP contribution in [0.3, 0.4) is 0 Å². The van der Waals surface area contributed by atoms with Gasteiger partial charge in [0.2, 0.25) is 5.91 Å². The van der Waals surface area contributed by atoms with Crippen molar-refractivity contribution in [3.8, 4) is 0 Å². The fraction of sp³-hybridized carbons (Fsp3) is 0.474. The van der Waals surface area contributed by atoms with E-state index >= 15 is 0 Å². The molecule has 5 nitrogen and oxygen atoms in total. The third kappa shape index (κ3) is 4.38. The Balaban J connectivity index is 2.36. The second-order valence-corrected chi connectivity index (χ2v) is 7.45. The van der Waals surface area contributed by atoms with Crippen LogP contribution in [-0.4, -0.2) is 37.1 Å². The molecule has 0 unspecified atom stereocenters. The summed E-state index contributed by atoms with van der Waals surface area (Å²) in [5.41, 5.74) is 2.49. The van der Waals surface area contributed by atoms with Crippen LogP contribution in [0.2, 0.25) is 0 Å². The van der Waals surface area contributed by atoms with E-state index in [1.54, 1.807) is 6.07 Å². The summed E-state index contributed by atoms with van der Waals surface area (Å²) in [5.74, 6) is -0.115. The summed E-state index contributed by atoms with van der Waals surface area (Å²) in [6, 6.07) is 5.49. The first-order chi connectivity index (χ1) is 11.6. The van der Waals surface area contributed by atoms with Crippen molar-refractivity contribution in [3.05, 3.63) is 40.4 Å². The summed E-state index contributed by atoms with van der Waals surface area (Å²) in [4.78, 5) is 22.3. The van der Waals surface area contributed by atoms with Gasteiger partial charge in [-0.1, -0.05) is 18.2 Å². The van der Waals surface area contributed by atoms with Crippen molar-refractivity contribution >= 4 is 25.4 Å². The molecule has 1 aliphatic heterocycles. The molecular weight excluding hydrogens is 317 g/mol. The van der Waals surface area contributed by atoms with E-state index in [-0.39, 0.29) is 5.91 Å². The summed E-state index contributed by atoms with van der Waals surface area (Å²) in [7, 11) is -0.540. The first-order valence-electron chi connectivity index (χ1n) is 8.42. The summed E-state index contributed by atoms with van der Waals surface area (Å²) in [6.45, 7) is 11.7. The van der Waals surface area contributed by atoms with E-state index < -0.39 is 18.3 Å². The molecule has 1 saturated heterocycles.